The van der Waals surface area contributed by atoms with Crippen LogP contribution in [0.1, 0.15) is 11.1 Å². The molecule has 3 aromatic carbocycles. The molecule has 0 atom stereocenters. The van der Waals surface area contributed by atoms with Gasteiger partial charge in [0.05, 0.1) is 25.0 Å². The van der Waals surface area contributed by atoms with Gasteiger partial charge in [-0.1, -0.05) is 40.2 Å². The fourth-order valence-corrected chi connectivity index (χ4v) is 5.09. The number of hydrogen-bond acceptors (Lipinski definition) is 6. The monoisotopic (exact) mass is 616 g/mol. The van der Waals surface area contributed by atoms with E-state index < -0.39 is 40.8 Å². The first-order valence-electron chi connectivity index (χ1n) is 11.7. The van der Waals surface area contributed by atoms with Crippen molar-refractivity contribution in [1.29, 1.82) is 0 Å². The topological polar surface area (TPSA) is 99.1 Å². The summed E-state index contributed by atoms with van der Waals surface area (Å²) in [5.41, 5.74) is 1.54. The van der Waals surface area contributed by atoms with E-state index in [1.807, 2.05) is 0 Å². The van der Waals surface area contributed by atoms with E-state index in [0.29, 0.717) is 26.9 Å². The Balaban J connectivity index is 1.87. The second kappa shape index (κ2) is 11.0. The Morgan fingerprint density at radius 2 is 1.62 bits per heavy atom. The number of rotatable bonds is 8. The summed E-state index contributed by atoms with van der Waals surface area (Å²) in [7, 11) is 1.24. The molecule has 5 aromatic rings. The lowest BCUT2D eigenvalue weighted by molar-refractivity contribution is -0.215. The molecule has 0 aliphatic heterocycles. The zero-order valence-corrected chi connectivity index (χ0v) is 22.3. The maximum Gasteiger partial charge on any atom is 0.351 e. The van der Waals surface area contributed by atoms with Crippen LogP contribution >= 0.6 is 15.9 Å². The largest absolute Gasteiger partial charge is 0.494 e. The van der Waals surface area contributed by atoms with E-state index >= 15 is 4.39 Å². The van der Waals surface area contributed by atoms with Gasteiger partial charge in [0.2, 0.25) is 0 Å². The van der Waals surface area contributed by atoms with Gasteiger partial charge in [0.1, 0.15) is 17.2 Å². The Morgan fingerprint density at radius 1 is 0.950 bits per heavy atom. The predicted molar refractivity (Wildman–Crippen MR) is 145 cm³/mol. The first-order chi connectivity index (χ1) is 19.3. The van der Waals surface area contributed by atoms with Crippen LogP contribution in [-0.2, 0) is 16.9 Å². The van der Waals surface area contributed by atoms with Crippen LogP contribution in [-0.4, -0.2) is 26.1 Å². The van der Waals surface area contributed by atoms with Crippen LogP contribution in [0.2, 0.25) is 0 Å². The maximum atomic E-state index is 15.4. The number of aromatic nitrogens is 3. The summed E-state index contributed by atoms with van der Waals surface area (Å²) in [4.78, 5) is 31.7. The molecule has 2 N–H and O–H groups in total. The van der Waals surface area contributed by atoms with Crippen LogP contribution in [0.25, 0.3) is 22.3 Å². The van der Waals surface area contributed by atoms with Crippen molar-refractivity contribution in [2.24, 2.45) is 0 Å². The van der Waals surface area contributed by atoms with Crippen LogP contribution in [0.4, 0.5) is 18.9 Å². The van der Waals surface area contributed by atoms with Crippen molar-refractivity contribution in [2.75, 3.05) is 12.6 Å². The number of nitrogens with one attached hydrogen (secondary N) is 1. The van der Waals surface area contributed by atoms with Crippen molar-refractivity contribution < 1.29 is 28.2 Å². The third-order valence-electron chi connectivity index (χ3n) is 6.44. The quantitative estimate of drug-likeness (QED) is 0.143. The molecule has 0 radical (unpaired) electrons. The number of nitrogens with zero attached hydrogens (tertiary/aromatic N) is 3. The summed E-state index contributed by atoms with van der Waals surface area (Å²) in [6.45, 7) is -0.605. The Bertz CT molecular complexity index is 1830. The molecule has 40 heavy (non-hydrogen) atoms. The van der Waals surface area contributed by atoms with E-state index in [1.165, 1.54) is 42.1 Å². The first kappa shape index (κ1) is 27.2. The highest BCUT2D eigenvalue weighted by atomic mass is 79.9. The van der Waals surface area contributed by atoms with Crippen molar-refractivity contribution >= 4 is 27.1 Å². The summed E-state index contributed by atoms with van der Waals surface area (Å²) in [6, 6.07) is 13.8. The zero-order valence-electron chi connectivity index (χ0n) is 20.7. The van der Waals surface area contributed by atoms with Crippen molar-refractivity contribution in [3.8, 4) is 22.6 Å². The van der Waals surface area contributed by atoms with Gasteiger partial charge in [-0.05, 0) is 42.0 Å². The number of ether oxygens (including phenoxy) is 1. The molecule has 0 fully saturated rings. The minimum Gasteiger partial charge on any atom is -0.494 e. The predicted octanol–water partition coefficient (Wildman–Crippen LogP) is 5.10. The van der Waals surface area contributed by atoms with Crippen LogP contribution < -0.4 is 21.5 Å². The molecule has 2 heterocycles. The zero-order chi connectivity index (χ0) is 28.6. The van der Waals surface area contributed by atoms with Crippen molar-refractivity contribution in [3.05, 3.63) is 116 Å². The SMILES string of the molecule is COc1cccc(-n2c(=O)c3c(CBr)c(-c4ccc(NOO)cc4)cn3n(Cc3c(F)cccc3F)c2=O)c1F. The molecule has 0 amide bonds. The molecule has 2 aromatic heterocycles. The van der Waals surface area contributed by atoms with Gasteiger partial charge in [-0.15, -0.1) is 4.99 Å². The van der Waals surface area contributed by atoms with Gasteiger partial charge in [-0.2, -0.15) is 0 Å². The lowest BCUT2D eigenvalue weighted by atomic mass is 10.0. The molecule has 0 bridgehead atoms. The van der Waals surface area contributed by atoms with Crippen molar-refractivity contribution in [2.45, 2.75) is 11.9 Å². The van der Waals surface area contributed by atoms with Gasteiger partial charge in [0, 0.05) is 28.2 Å². The van der Waals surface area contributed by atoms with Gasteiger partial charge in [-0.3, -0.25) is 9.31 Å². The number of fused-ring (bicyclic) bond motifs is 1. The Hall–Kier alpha value is -4.33. The third kappa shape index (κ3) is 4.57. The standard InChI is InChI=1S/C27H20BrF3N4O5/c1-39-23-7-3-6-22(24(23)31)35-26(36)25-17(12-28)18(15-8-10-16(11-9-15)32-40-38)13-33(25)34(27(35)37)14-19-20(29)4-2-5-21(19)30/h2-11,13,32,38H,12,14H2,1H3. The molecule has 9 nitrogen and oxygen atoms in total. The molecule has 13 heteroatoms. The number of methoxy groups -OCH3 is 1. The van der Waals surface area contributed by atoms with Crippen LogP contribution in [0, 0.1) is 17.5 Å². The average molecular weight is 617 g/mol. The number of alkyl halides is 1. The molecule has 0 aliphatic rings. The number of anilines is 1. The molecule has 0 saturated carbocycles. The van der Waals surface area contributed by atoms with E-state index in [1.54, 1.807) is 24.3 Å². The molecule has 0 spiro atoms. The summed E-state index contributed by atoms with van der Waals surface area (Å²) < 4.78 is 52.6. The Morgan fingerprint density at radius 3 is 2.25 bits per heavy atom. The molecule has 0 aliphatic carbocycles. The molecule has 206 valence electrons. The number of benzene rings is 3. The highest BCUT2D eigenvalue weighted by molar-refractivity contribution is 9.08. The summed E-state index contributed by atoms with van der Waals surface area (Å²) in [5.74, 6) is -2.95. The minimum absolute atomic E-state index is 0.0219. The highest BCUT2D eigenvalue weighted by Crippen LogP contribution is 2.31. The average Bonchev–Trinajstić information content (AvgIpc) is 3.34. The third-order valence-corrected chi connectivity index (χ3v) is 7.00. The van der Waals surface area contributed by atoms with Crippen LogP contribution in [0.3, 0.4) is 0 Å². The van der Waals surface area contributed by atoms with Gasteiger partial charge < -0.3 is 4.74 Å². The molecule has 5 rings (SSSR count). The normalized spacial score (nSPS) is 11.2. The van der Waals surface area contributed by atoms with Gasteiger partial charge >= 0.3 is 5.69 Å². The Labute approximate surface area is 232 Å². The van der Waals surface area contributed by atoms with E-state index in [9.17, 15) is 18.4 Å². The van der Waals surface area contributed by atoms with Gasteiger partial charge in [0.25, 0.3) is 5.56 Å². The number of halogens is 4. The van der Waals surface area contributed by atoms with Gasteiger partial charge in [-0.25, -0.2) is 38.0 Å². The van der Waals surface area contributed by atoms with Gasteiger partial charge in [0.15, 0.2) is 11.6 Å². The van der Waals surface area contributed by atoms with Crippen LogP contribution in [0.5, 0.6) is 5.75 Å². The van der Waals surface area contributed by atoms with E-state index in [-0.39, 0.29) is 22.3 Å². The fraction of sp³-hybridized carbons (Fsp3) is 0.111. The first-order valence-corrected chi connectivity index (χ1v) is 12.8. The second-order valence-corrected chi connectivity index (χ2v) is 9.15. The summed E-state index contributed by atoms with van der Waals surface area (Å²) >= 11 is 3.40. The molecule has 0 saturated heterocycles. The molecular weight excluding hydrogens is 597 g/mol. The summed E-state index contributed by atoms with van der Waals surface area (Å²) in [6.07, 6.45) is 1.49. The molecular formula is C27H20BrF3N4O5. The van der Waals surface area contributed by atoms with E-state index in [2.05, 4.69) is 26.4 Å². The maximum absolute atomic E-state index is 15.4. The lowest BCUT2D eigenvalue weighted by Gasteiger charge is -2.16. The highest BCUT2D eigenvalue weighted by Gasteiger charge is 2.25. The lowest BCUT2D eigenvalue weighted by Crippen LogP contribution is -2.43. The van der Waals surface area contributed by atoms with Crippen molar-refractivity contribution in [3.63, 3.8) is 0 Å². The number of hydrogen-bond donors (Lipinski definition) is 2. The van der Waals surface area contributed by atoms with E-state index in [4.69, 9.17) is 9.99 Å². The molecule has 0 unspecified atom stereocenters. The second-order valence-electron chi connectivity index (χ2n) is 8.59. The Kier molecular flexibility index (Phi) is 7.52. The summed E-state index contributed by atoms with van der Waals surface area (Å²) in [5, 5.41) is 8.76. The fourth-order valence-electron chi connectivity index (χ4n) is 4.52. The van der Waals surface area contributed by atoms with E-state index in [0.717, 1.165) is 16.8 Å². The minimum atomic E-state index is -1.03. The van der Waals surface area contributed by atoms with Crippen LogP contribution in [0.15, 0.2) is 76.4 Å². The smallest absolute Gasteiger partial charge is 0.351 e. The van der Waals surface area contributed by atoms with Crippen molar-refractivity contribution in [1.82, 2.24) is 13.8 Å².